The Hall–Kier alpha value is -3.19. The molecule has 0 atom stereocenters. The lowest BCUT2D eigenvalue weighted by molar-refractivity contribution is -0.115. The maximum absolute atomic E-state index is 12.1. The zero-order valence-corrected chi connectivity index (χ0v) is 16.2. The highest BCUT2D eigenvalue weighted by Gasteiger charge is 2.10. The van der Waals surface area contributed by atoms with Crippen LogP contribution in [0.25, 0.3) is 0 Å². The lowest BCUT2D eigenvalue weighted by atomic mass is 10.2. The fourth-order valence-electron chi connectivity index (χ4n) is 2.23. The van der Waals surface area contributed by atoms with Gasteiger partial charge in [0.25, 0.3) is 5.91 Å². The van der Waals surface area contributed by atoms with Crippen LogP contribution in [-0.2, 0) is 9.53 Å². The number of amides is 2. The first-order valence-corrected chi connectivity index (χ1v) is 8.93. The molecule has 0 aliphatic heterocycles. The van der Waals surface area contributed by atoms with Crippen LogP contribution in [0.15, 0.2) is 53.6 Å². The number of anilines is 1. The number of ether oxygens (including phenoxy) is 1. The third-order valence-electron chi connectivity index (χ3n) is 3.56. The van der Waals surface area contributed by atoms with E-state index in [1.165, 1.54) is 0 Å². The summed E-state index contributed by atoms with van der Waals surface area (Å²) in [6.45, 7) is 3.65. The van der Waals surface area contributed by atoms with E-state index in [-0.39, 0.29) is 12.3 Å². The van der Waals surface area contributed by atoms with Crippen molar-refractivity contribution in [2.45, 2.75) is 20.3 Å². The van der Waals surface area contributed by atoms with Gasteiger partial charge in [-0.2, -0.15) is 5.10 Å². The second kappa shape index (κ2) is 10.2. The second-order valence-corrected chi connectivity index (χ2v) is 6.20. The molecule has 0 unspecified atom stereocenters. The van der Waals surface area contributed by atoms with Crippen molar-refractivity contribution < 1.29 is 19.1 Å². The van der Waals surface area contributed by atoms with Crippen molar-refractivity contribution in [3.8, 4) is 0 Å². The van der Waals surface area contributed by atoms with Crippen LogP contribution in [0.1, 0.15) is 41.0 Å². The van der Waals surface area contributed by atoms with E-state index in [4.69, 9.17) is 16.3 Å². The van der Waals surface area contributed by atoms with Crippen molar-refractivity contribution in [2.24, 2.45) is 5.10 Å². The molecule has 0 radical (unpaired) electrons. The molecule has 28 heavy (non-hydrogen) atoms. The molecule has 0 fully saturated rings. The molecule has 8 heteroatoms. The fraction of sp³-hybridized carbons (Fsp3) is 0.200. The Morgan fingerprint density at radius 1 is 1.07 bits per heavy atom. The maximum Gasteiger partial charge on any atom is 0.338 e. The van der Waals surface area contributed by atoms with E-state index in [9.17, 15) is 14.4 Å². The number of nitrogens with one attached hydrogen (secondary N) is 2. The molecule has 146 valence electrons. The minimum absolute atomic E-state index is 0.0115. The molecule has 0 bridgehead atoms. The smallest absolute Gasteiger partial charge is 0.338 e. The highest BCUT2D eigenvalue weighted by Crippen LogP contribution is 2.14. The van der Waals surface area contributed by atoms with Crippen LogP contribution in [-0.4, -0.2) is 30.1 Å². The van der Waals surface area contributed by atoms with Gasteiger partial charge in [-0.15, -0.1) is 0 Å². The van der Waals surface area contributed by atoms with Crippen LogP contribution in [0.5, 0.6) is 0 Å². The lowest BCUT2D eigenvalue weighted by Crippen LogP contribution is -2.21. The summed E-state index contributed by atoms with van der Waals surface area (Å²) in [5.74, 6) is -1.19. The molecule has 0 heterocycles. The number of esters is 1. The predicted molar refractivity (Wildman–Crippen MR) is 108 cm³/mol. The van der Waals surface area contributed by atoms with Gasteiger partial charge in [-0.3, -0.25) is 9.59 Å². The summed E-state index contributed by atoms with van der Waals surface area (Å²) in [5, 5.41) is 6.93. The Morgan fingerprint density at radius 3 is 2.39 bits per heavy atom. The highest BCUT2D eigenvalue weighted by molar-refractivity contribution is 6.33. The van der Waals surface area contributed by atoms with Crippen LogP contribution < -0.4 is 10.7 Å². The van der Waals surface area contributed by atoms with Crippen LogP contribution in [0, 0.1) is 0 Å². The molecule has 0 saturated heterocycles. The Bertz CT molecular complexity index is 895. The van der Waals surface area contributed by atoms with Crippen LogP contribution in [0.2, 0.25) is 5.02 Å². The number of halogens is 1. The van der Waals surface area contributed by atoms with E-state index >= 15 is 0 Å². The lowest BCUT2D eigenvalue weighted by Gasteiger charge is -2.07. The first-order chi connectivity index (χ1) is 13.4. The van der Waals surface area contributed by atoms with Gasteiger partial charge in [-0.1, -0.05) is 23.7 Å². The third kappa shape index (κ3) is 6.21. The van der Waals surface area contributed by atoms with Crippen molar-refractivity contribution >= 4 is 40.8 Å². The standard InChI is InChI=1S/C20H20ClN3O4/c1-3-28-20(27)14-8-10-15(11-9-14)22-18(25)12-13(2)23-24-19(26)16-6-4-5-7-17(16)21/h4-11H,3,12H2,1-2H3,(H,22,25)(H,24,26)/b23-13+. The Morgan fingerprint density at radius 2 is 1.75 bits per heavy atom. The van der Waals surface area contributed by atoms with Crippen molar-refractivity contribution in [1.82, 2.24) is 5.43 Å². The monoisotopic (exact) mass is 401 g/mol. The number of nitrogens with zero attached hydrogens (tertiary/aromatic N) is 1. The molecule has 2 aromatic rings. The second-order valence-electron chi connectivity index (χ2n) is 5.79. The summed E-state index contributed by atoms with van der Waals surface area (Å²) in [5.41, 5.74) is 4.03. The summed E-state index contributed by atoms with van der Waals surface area (Å²) in [4.78, 5) is 35.7. The van der Waals surface area contributed by atoms with E-state index < -0.39 is 11.9 Å². The SMILES string of the molecule is CCOC(=O)c1ccc(NC(=O)C/C(C)=N/NC(=O)c2ccccc2Cl)cc1. The molecule has 0 aliphatic carbocycles. The molecule has 0 spiro atoms. The molecular weight excluding hydrogens is 382 g/mol. The van der Waals surface area contributed by atoms with Crippen molar-refractivity contribution in [3.63, 3.8) is 0 Å². The van der Waals surface area contributed by atoms with E-state index in [2.05, 4.69) is 15.8 Å². The first-order valence-electron chi connectivity index (χ1n) is 8.55. The number of hydrogen-bond acceptors (Lipinski definition) is 5. The number of hydrazone groups is 1. The maximum atomic E-state index is 12.1. The number of carbonyl (C=O) groups excluding carboxylic acids is 3. The zero-order chi connectivity index (χ0) is 20.5. The van der Waals surface area contributed by atoms with E-state index in [1.807, 2.05) is 0 Å². The molecular formula is C20H20ClN3O4. The Labute approximate surface area is 167 Å². The summed E-state index contributed by atoms with van der Waals surface area (Å²) in [7, 11) is 0. The predicted octanol–water partition coefficient (Wildman–Crippen LogP) is 3.65. The minimum Gasteiger partial charge on any atom is -0.462 e. The van der Waals surface area contributed by atoms with E-state index in [0.29, 0.717) is 34.2 Å². The van der Waals surface area contributed by atoms with E-state index in [0.717, 1.165) is 0 Å². The summed E-state index contributed by atoms with van der Waals surface area (Å²) < 4.78 is 4.90. The number of benzene rings is 2. The number of hydrogen-bond donors (Lipinski definition) is 2. The normalized spacial score (nSPS) is 10.9. The van der Waals surface area contributed by atoms with Gasteiger partial charge in [0.1, 0.15) is 0 Å². The van der Waals surface area contributed by atoms with Crippen LogP contribution in [0.4, 0.5) is 5.69 Å². The molecule has 2 rings (SSSR count). The van der Waals surface area contributed by atoms with Crippen LogP contribution in [0.3, 0.4) is 0 Å². The summed E-state index contributed by atoms with van der Waals surface area (Å²) in [6.07, 6.45) is -0.0115. The molecule has 2 amide bonds. The average Bonchev–Trinajstić information content (AvgIpc) is 2.67. The topological polar surface area (TPSA) is 96.9 Å². The highest BCUT2D eigenvalue weighted by atomic mass is 35.5. The fourth-order valence-corrected chi connectivity index (χ4v) is 2.45. The largest absolute Gasteiger partial charge is 0.462 e. The molecule has 0 saturated carbocycles. The quantitative estimate of drug-likeness (QED) is 0.420. The van der Waals surface area contributed by atoms with Crippen molar-refractivity contribution in [2.75, 3.05) is 11.9 Å². The van der Waals surface area contributed by atoms with Crippen molar-refractivity contribution in [3.05, 3.63) is 64.7 Å². The van der Waals surface area contributed by atoms with Gasteiger partial charge in [0.15, 0.2) is 0 Å². The van der Waals surface area contributed by atoms with Gasteiger partial charge >= 0.3 is 5.97 Å². The Kier molecular flexibility index (Phi) is 7.71. The van der Waals surface area contributed by atoms with Crippen LogP contribution >= 0.6 is 11.6 Å². The van der Waals surface area contributed by atoms with Gasteiger partial charge in [0.2, 0.25) is 5.91 Å². The molecule has 0 aromatic heterocycles. The summed E-state index contributed by atoms with van der Waals surface area (Å²) in [6, 6.07) is 12.9. The third-order valence-corrected chi connectivity index (χ3v) is 3.89. The number of rotatable bonds is 7. The van der Waals surface area contributed by atoms with Crippen molar-refractivity contribution in [1.29, 1.82) is 0 Å². The molecule has 2 aromatic carbocycles. The molecule has 0 aliphatic rings. The minimum atomic E-state index is -0.458. The summed E-state index contributed by atoms with van der Waals surface area (Å²) >= 11 is 5.95. The van der Waals surface area contributed by atoms with E-state index in [1.54, 1.807) is 62.4 Å². The van der Waals surface area contributed by atoms with Gasteiger partial charge in [0.05, 0.1) is 29.2 Å². The Balaban J connectivity index is 1.88. The average molecular weight is 402 g/mol. The zero-order valence-electron chi connectivity index (χ0n) is 15.5. The molecule has 7 nitrogen and oxygen atoms in total. The van der Waals surface area contributed by atoms with Gasteiger partial charge < -0.3 is 10.1 Å². The van der Waals surface area contributed by atoms with Gasteiger partial charge in [-0.05, 0) is 50.2 Å². The number of carbonyl (C=O) groups is 3. The van der Waals surface area contributed by atoms with Gasteiger partial charge in [-0.25, -0.2) is 10.2 Å². The van der Waals surface area contributed by atoms with Gasteiger partial charge in [0, 0.05) is 11.4 Å². The molecule has 2 N–H and O–H groups in total. The first kappa shape index (κ1) is 21.1.